The van der Waals surface area contributed by atoms with Gasteiger partial charge in [-0.05, 0) is 54.1 Å². The monoisotopic (exact) mass is 512 g/mol. The summed E-state index contributed by atoms with van der Waals surface area (Å²) in [7, 11) is -3.14. The number of hydrogen-bond donors (Lipinski definition) is 0. The third-order valence-corrected chi connectivity index (χ3v) is 9.11. The number of para-hydroxylation sites is 1. The highest BCUT2D eigenvalue weighted by atomic mass is 35.5. The Balaban J connectivity index is 1.40. The van der Waals surface area contributed by atoms with Crippen LogP contribution in [0.5, 0.6) is 11.5 Å². The number of benzene rings is 3. The maximum absolute atomic E-state index is 12.7. The average Bonchev–Trinajstić information content (AvgIpc) is 3.27. The highest BCUT2D eigenvalue weighted by Crippen LogP contribution is 2.41. The van der Waals surface area contributed by atoms with E-state index in [4.69, 9.17) is 16.3 Å². The van der Waals surface area contributed by atoms with Gasteiger partial charge in [-0.15, -0.1) is 0 Å². The van der Waals surface area contributed by atoms with Crippen LogP contribution in [0.2, 0.25) is 5.02 Å². The number of rotatable bonds is 5. The van der Waals surface area contributed by atoms with Crippen LogP contribution >= 0.6 is 23.4 Å². The van der Waals surface area contributed by atoms with Gasteiger partial charge in [-0.25, -0.2) is 8.42 Å². The van der Waals surface area contributed by atoms with E-state index < -0.39 is 9.84 Å². The summed E-state index contributed by atoms with van der Waals surface area (Å²) in [4.78, 5) is 19.0. The van der Waals surface area contributed by atoms with E-state index in [1.165, 1.54) is 11.8 Å². The molecule has 0 bridgehead atoms. The second-order valence-corrected chi connectivity index (χ2v) is 12.0. The third kappa shape index (κ3) is 5.14. The average molecular weight is 513 g/mol. The van der Waals surface area contributed by atoms with Crippen LogP contribution in [-0.2, 0) is 21.1 Å². The van der Waals surface area contributed by atoms with Gasteiger partial charge in [0.1, 0.15) is 11.5 Å². The zero-order chi connectivity index (χ0) is 23.7. The number of halogens is 1. The van der Waals surface area contributed by atoms with Gasteiger partial charge >= 0.3 is 0 Å². The Morgan fingerprint density at radius 1 is 0.971 bits per heavy atom. The van der Waals surface area contributed by atoms with Crippen molar-refractivity contribution in [3.63, 3.8) is 0 Å². The molecule has 34 heavy (non-hydrogen) atoms. The third-order valence-electron chi connectivity index (χ3n) is 5.65. The van der Waals surface area contributed by atoms with Crippen molar-refractivity contribution in [2.24, 2.45) is 4.99 Å². The van der Waals surface area contributed by atoms with E-state index in [2.05, 4.69) is 4.99 Å². The van der Waals surface area contributed by atoms with Crippen molar-refractivity contribution in [3.8, 4) is 11.5 Å². The van der Waals surface area contributed by atoms with Gasteiger partial charge < -0.3 is 9.64 Å². The molecule has 2 aliphatic rings. The van der Waals surface area contributed by atoms with Gasteiger partial charge in [0.05, 0.1) is 24.0 Å². The highest BCUT2D eigenvalue weighted by Gasteiger charge is 2.49. The number of carbonyl (C=O) groups excluding carboxylic acids is 1. The number of amidine groups is 1. The van der Waals surface area contributed by atoms with Crippen LogP contribution in [0, 0.1) is 0 Å². The molecule has 6 nitrogen and oxygen atoms in total. The van der Waals surface area contributed by atoms with Crippen molar-refractivity contribution >= 4 is 50.0 Å². The van der Waals surface area contributed by atoms with Crippen molar-refractivity contribution in [1.82, 2.24) is 0 Å². The molecular weight excluding hydrogens is 492 g/mol. The summed E-state index contributed by atoms with van der Waals surface area (Å²) in [6.45, 7) is 0. The molecule has 2 heterocycles. The molecule has 2 aliphatic heterocycles. The topological polar surface area (TPSA) is 76.0 Å². The normalized spacial score (nSPS) is 22.0. The predicted molar refractivity (Wildman–Crippen MR) is 137 cm³/mol. The summed E-state index contributed by atoms with van der Waals surface area (Å²) < 4.78 is 30.5. The largest absolute Gasteiger partial charge is 0.457 e. The van der Waals surface area contributed by atoms with Crippen LogP contribution in [0.4, 0.5) is 5.69 Å². The molecule has 0 spiro atoms. The Morgan fingerprint density at radius 3 is 2.35 bits per heavy atom. The number of thioether (sulfide) groups is 1. The Hall–Kier alpha value is -2.81. The van der Waals surface area contributed by atoms with Crippen LogP contribution in [0.15, 0.2) is 83.9 Å². The quantitative estimate of drug-likeness (QED) is 0.480. The number of nitrogens with zero attached hydrogens (tertiary/aromatic N) is 2. The van der Waals surface area contributed by atoms with Crippen molar-refractivity contribution in [2.75, 3.05) is 16.4 Å². The molecule has 0 aromatic heterocycles. The molecular formula is C25H21ClN2O4S2. The standard InChI is InChI=1S/C25H21ClN2O4S2/c26-18-8-6-17(7-9-18)14-24(29)27-25-28(22-15-34(30,31)16-23(22)33-25)19-10-12-21(13-11-19)32-20-4-2-1-3-5-20/h1-13,22-23H,14-16H2. The van der Waals surface area contributed by atoms with Gasteiger partial charge in [-0.1, -0.05) is 53.7 Å². The number of anilines is 1. The van der Waals surface area contributed by atoms with Crippen LogP contribution < -0.4 is 9.64 Å². The molecule has 3 aromatic carbocycles. The molecule has 0 radical (unpaired) electrons. The van der Waals surface area contributed by atoms with E-state index >= 15 is 0 Å². The van der Waals surface area contributed by atoms with Gasteiger partial charge in [0, 0.05) is 16.0 Å². The number of sulfone groups is 1. The minimum Gasteiger partial charge on any atom is -0.457 e. The van der Waals surface area contributed by atoms with Gasteiger partial charge in [0.25, 0.3) is 5.91 Å². The van der Waals surface area contributed by atoms with Crippen LogP contribution in [0.25, 0.3) is 0 Å². The summed E-state index contributed by atoms with van der Waals surface area (Å²) in [5.74, 6) is 1.22. The molecule has 0 saturated carbocycles. The second kappa shape index (κ2) is 9.44. The van der Waals surface area contributed by atoms with Crippen LogP contribution in [0.1, 0.15) is 5.56 Å². The maximum atomic E-state index is 12.7. The fourth-order valence-electron chi connectivity index (χ4n) is 4.09. The van der Waals surface area contributed by atoms with E-state index in [1.54, 1.807) is 24.3 Å². The summed E-state index contributed by atoms with van der Waals surface area (Å²) in [6.07, 6.45) is 0.145. The van der Waals surface area contributed by atoms with Crippen LogP contribution in [-0.4, -0.2) is 42.3 Å². The summed E-state index contributed by atoms with van der Waals surface area (Å²) in [5, 5.41) is 0.974. The first-order valence-electron chi connectivity index (χ1n) is 10.7. The first-order chi connectivity index (χ1) is 16.4. The lowest BCUT2D eigenvalue weighted by molar-refractivity contribution is -0.117. The molecule has 9 heteroatoms. The van der Waals surface area contributed by atoms with E-state index in [9.17, 15) is 13.2 Å². The Bertz CT molecular complexity index is 1330. The first-order valence-corrected chi connectivity index (χ1v) is 13.8. The van der Waals surface area contributed by atoms with Crippen molar-refractivity contribution in [2.45, 2.75) is 17.7 Å². The molecule has 1 amide bonds. The van der Waals surface area contributed by atoms with Crippen molar-refractivity contribution in [3.05, 3.63) is 89.4 Å². The van der Waals surface area contributed by atoms with Crippen molar-refractivity contribution in [1.29, 1.82) is 0 Å². The molecule has 5 rings (SSSR count). The SMILES string of the molecule is O=C(Cc1ccc(Cl)cc1)N=C1SC2CS(=O)(=O)CC2N1c1ccc(Oc2ccccc2)cc1. The Morgan fingerprint density at radius 2 is 1.65 bits per heavy atom. The molecule has 2 unspecified atom stereocenters. The maximum Gasteiger partial charge on any atom is 0.252 e. The number of carbonyl (C=O) groups is 1. The van der Waals surface area contributed by atoms with Gasteiger partial charge in [-0.2, -0.15) is 4.99 Å². The zero-order valence-electron chi connectivity index (χ0n) is 18.0. The van der Waals surface area contributed by atoms with Crippen molar-refractivity contribution < 1.29 is 17.9 Å². The fraction of sp³-hybridized carbons (Fsp3) is 0.200. The lowest BCUT2D eigenvalue weighted by Gasteiger charge is -2.24. The van der Waals surface area contributed by atoms with E-state index in [1.807, 2.05) is 59.5 Å². The summed E-state index contributed by atoms with van der Waals surface area (Å²) in [5.41, 5.74) is 1.59. The summed E-state index contributed by atoms with van der Waals surface area (Å²) >= 11 is 7.28. The minimum absolute atomic E-state index is 0.0390. The second-order valence-electron chi connectivity index (χ2n) is 8.17. The Kier molecular flexibility index (Phi) is 6.38. The fourth-order valence-corrected chi connectivity index (χ4v) is 8.15. The minimum atomic E-state index is -3.14. The number of fused-ring (bicyclic) bond motifs is 1. The lowest BCUT2D eigenvalue weighted by atomic mass is 10.1. The smallest absolute Gasteiger partial charge is 0.252 e. The van der Waals surface area contributed by atoms with Crippen LogP contribution in [0.3, 0.4) is 0 Å². The molecule has 2 atom stereocenters. The van der Waals surface area contributed by atoms with E-state index in [0.717, 1.165) is 17.0 Å². The highest BCUT2D eigenvalue weighted by molar-refractivity contribution is 8.16. The lowest BCUT2D eigenvalue weighted by Crippen LogP contribution is -2.37. The summed E-state index contributed by atoms with van der Waals surface area (Å²) in [6, 6.07) is 23.7. The molecule has 0 aliphatic carbocycles. The van der Waals surface area contributed by atoms with Gasteiger partial charge in [0.2, 0.25) is 0 Å². The molecule has 2 fully saturated rings. The van der Waals surface area contributed by atoms with Gasteiger partial charge in [0.15, 0.2) is 15.0 Å². The predicted octanol–water partition coefficient (Wildman–Crippen LogP) is 4.98. The number of hydrogen-bond acceptors (Lipinski definition) is 5. The number of amides is 1. The molecule has 0 N–H and O–H groups in total. The number of aliphatic imine (C=N–C) groups is 1. The molecule has 3 aromatic rings. The van der Waals surface area contributed by atoms with Gasteiger partial charge in [-0.3, -0.25) is 4.79 Å². The van der Waals surface area contributed by atoms with E-state index in [-0.39, 0.29) is 35.1 Å². The molecule has 174 valence electrons. The Labute approximate surface area is 207 Å². The number of ether oxygens (including phenoxy) is 1. The zero-order valence-corrected chi connectivity index (χ0v) is 20.4. The first kappa shape index (κ1) is 23.0. The molecule has 2 saturated heterocycles. The van der Waals surface area contributed by atoms with E-state index in [0.29, 0.717) is 15.9 Å².